The smallest absolute Gasteiger partial charge is 0.356 e. The number of aromatic nitrogens is 2. The summed E-state index contributed by atoms with van der Waals surface area (Å²) in [6.07, 6.45) is 5.23. The van der Waals surface area contributed by atoms with Crippen molar-refractivity contribution in [3.8, 4) is 0 Å². The van der Waals surface area contributed by atoms with E-state index in [-0.39, 0.29) is 0 Å². The van der Waals surface area contributed by atoms with E-state index in [1.165, 1.54) is 17.8 Å². The van der Waals surface area contributed by atoms with Crippen LogP contribution in [0.2, 0.25) is 0 Å². The van der Waals surface area contributed by atoms with Crippen molar-refractivity contribution in [1.82, 2.24) is 9.38 Å². The Morgan fingerprint density at radius 2 is 2.26 bits per heavy atom. The number of rotatable bonds is 3. The number of thiazole rings is 1. The number of carboxylic acid groups (broad SMARTS) is 1. The molecule has 0 aromatic carbocycles. The Kier molecular flexibility index (Phi) is 3.18. The van der Waals surface area contributed by atoms with Crippen LogP contribution in [0.4, 0.5) is 5.82 Å². The Morgan fingerprint density at radius 1 is 1.53 bits per heavy atom. The summed E-state index contributed by atoms with van der Waals surface area (Å²) >= 11 is 1.47. The molecule has 0 amide bonds. The maximum Gasteiger partial charge on any atom is 0.356 e. The quantitative estimate of drug-likeness (QED) is 0.938. The van der Waals surface area contributed by atoms with Gasteiger partial charge in [0.15, 0.2) is 16.5 Å². The molecule has 1 aliphatic rings. The normalized spacial score (nSPS) is 17.2. The van der Waals surface area contributed by atoms with Gasteiger partial charge in [-0.2, -0.15) is 0 Å². The van der Waals surface area contributed by atoms with Gasteiger partial charge in [0.1, 0.15) is 0 Å². The molecule has 0 aliphatic carbocycles. The molecule has 0 radical (unpaired) electrons. The Balaban J connectivity index is 1.94. The van der Waals surface area contributed by atoms with E-state index in [9.17, 15) is 9.90 Å². The lowest BCUT2D eigenvalue weighted by molar-refractivity contribution is 0.0690. The maximum absolute atomic E-state index is 11.5. The van der Waals surface area contributed by atoms with Crippen LogP contribution in [0.15, 0.2) is 11.6 Å². The van der Waals surface area contributed by atoms with Crippen LogP contribution in [-0.4, -0.2) is 33.6 Å². The first kappa shape index (κ1) is 12.5. The number of aromatic carboxylic acids is 1. The van der Waals surface area contributed by atoms with Gasteiger partial charge in [-0.15, -0.1) is 11.3 Å². The second-order valence-electron chi connectivity index (χ2n) is 4.98. The van der Waals surface area contributed by atoms with Gasteiger partial charge in [-0.05, 0) is 18.8 Å². The molecule has 19 heavy (non-hydrogen) atoms. The average Bonchev–Trinajstić information content (AvgIpc) is 2.98. The number of fused-ring (bicyclic) bond motifs is 1. The Morgan fingerprint density at radius 3 is 2.89 bits per heavy atom. The molecular weight excluding hydrogens is 262 g/mol. The van der Waals surface area contributed by atoms with Crippen LogP contribution >= 0.6 is 11.3 Å². The molecule has 0 saturated carbocycles. The van der Waals surface area contributed by atoms with Crippen LogP contribution in [0.1, 0.15) is 36.7 Å². The van der Waals surface area contributed by atoms with Crippen LogP contribution in [0.3, 0.4) is 0 Å². The van der Waals surface area contributed by atoms with E-state index in [2.05, 4.69) is 16.8 Å². The molecule has 0 atom stereocenters. The van der Waals surface area contributed by atoms with Gasteiger partial charge in [-0.25, -0.2) is 9.78 Å². The lowest BCUT2D eigenvalue weighted by Crippen LogP contribution is -2.34. The molecular formula is C13H17N3O2S. The molecule has 1 fully saturated rings. The average molecular weight is 279 g/mol. The van der Waals surface area contributed by atoms with Crippen molar-refractivity contribution in [3.63, 3.8) is 0 Å². The summed E-state index contributed by atoms with van der Waals surface area (Å²) in [5.41, 5.74) is 0.297. The number of carboxylic acids is 1. The van der Waals surface area contributed by atoms with Gasteiger partial charge in [0, 0.05) is 24.7 Å². The minimum absolute atomic E-state index is 0.297. The summed E-state index contributed by atoms with van der Waals surface area (Å²) in [6.45, 7) is 4.03. The van der Waals surface area contributed by atoms with Crippen LogP contribution in [0, 0.1) is 5.92 Å². The summed E-state index contributed by atoms with van der Waals surface area (Å²) in [4.78, 5) is 18.8. The number of anilines is 1. The third-order valence-electron chi connectivity index (χ3n) is 3.94. The predicted octanol–water partition coefficient (Wildman–Crippen LogP) is 2.72. The highest BCUT2D eigenvalue weighted by Crippen LogP contribution is 2.29. The zero-order chi connectivity index (χ0) is 13.4. The Labute approximate surface area is 115 Å². The lowest BCUT2D eigenvalue weighted by Gasteiger charge is -2.31. The van der Waals surface area contributed by atoms with E-state index < -0.39 is 5.97 Å². The van der Waals surface area contributed by atoms with E-state index in [1.807, 2.05) is 5.38 Å². The molecule has 2 aromatic rings. The van der Waals surface area contributed by atoms with Gasteiger partial charge < -0.3 is 10.0 Å². The standard InChI is InChI=1S/C13H17N3O2S/c1-2-9-3-5-15(6-4-9)11-10(12(17)18)16-7-8-19-13(16)14-11/h7-9H,2-6H2,1H3,(H,17,18). The monoisotopic (exact) mass is 279 g/mol. The summed E-state index contributed by atoms with van der Waals surface area (Å²) < 4.78 is 1.67. The summed E-state index contributed by atoms with van der Waals surface area (Å²) in [7, 11) is 0. The topological polar surface area (TPSA) is 57.8 Å². The van der Waals surface area contributed by atoms with Crippen molar-refractivity contribution in [1.29, 1.82) is 0 Å². The van der Waals surface area contributed by atoms with E-state index in [0.717, 1.165) is 36.8 Å². The highest BCUT2D eigenvalue weighted by atomic mass is 32.1. The summed E-state index contributed by atoms with van der Waals surface area (Å²) in [6, 6.07) is 0. The SMILES string of the molecule is CCC1CCN(c2nc3sccn3c2C(=O)O)CC1. The second kappa shape index (κ2) is 4.85. The third-order valence-corrected chi connectivity index (χ3v) is 4.69. The number of carbonyl (C=O) groups is 1. The van der Waals surface area contributed by atoms with Gasteiger partial charge >= 0.3 is 5.97 Å². The van der Waals surface area contributed by atoms with E-state index in [1.54, 1.807) is 10.6 Å². The second-order valence-corrected chi connectivity index (χ2v) is 5.86. The van der Waals surface area contributed by atoms with Gasteiger partial charge in [-0.1, -0.05) is 13.3 Å². The fraction of sp³-hybridized carbons (Fsp3) is 0.538. The number of hydrogen-bond donors (Lipinski definition) is 1. The first-order chi connectivity index (χ1) is 9.20. The zero-order valence-electron chi connectivity index (χ0n) is 10.9. The molecule has 5 nitrogen and oxygen atoms in total. The molecule has 3 rings (SSSR count). The largest absolute Gasteiger partial charge is 0.476 e. The molecule has 1 N–H and O–H groups in total. The van der Waals surface area contributed by atoms with Gasteiger partial charge in [0.05, 0.1) is 0 Å². The van der Waals surface area contributed by atoms with Crippen molar-refractivity contribution in [2.45, 2.75) is 26.2 Å². The van der Waals surface area contributed by atoms with Gasteiger partial charge in [-0.3, -0.25) is 4.40 Å². The van der Waals surface area contributed by atoms with Crippen molar-refractivity contribution in [2.24, 2.45) is 5.92 Å². The van der Waals surface area contributed by atoms with Crippen LogP contribution in [0.25, 0.3) is 4.96 Å². The van der Waals surface area contributed by atoms with Crippen LogP contribution in [0.5, 0.6) is 0 Å². The third kappa shape index (κ3) is 2.10. The molecule has 0 bridgehead atoms. The number of piperidine rings is 1. The van der Waals surface area contributed by atoms with Crippen LogP contribution in [-0.2, 0) is 0 Å². The first-order valence-corrected chi connectivity index (χ1v) is 7.52. The number of imidazole rings is 1. The summed E-state index contributed by atoms with van der Waals surface area (Å²) in [5, 5.41) is 11.3. The zero-order valence-corrected chi connectivity index (χ0v) is 11.7. The molecule has 0 spiro atoms. The minimum Gasteiger partial charge on any atom is -0.476 e. The highest BCUT2D eigenvalue weighted by molar-refractivity contribution is 7.15. The van der Waals surface area contributed by atoms with Crippen molar-refractivity contribution in [2.75, 3.05) is 18.0 Å². The van der Waals surface area contributed by atoms with E-state index >= 15 is 0 Å². The summed E-state index contributed by atoms with van der Waals surface area (Å²) in [5.74, 6) is 0.501. The fourth-order valence-corrected chi connectivity index (χ4v) is 3.46. The van der Waals surface area contributed by atoms with Gasteiger partial charge in [0.25, 0.3) is 0 Å². The van der Waals surface area contributed by atoms with Gasteiger partial charge in [0.2, 0.25) is 0 Å². The molecule has 1 saturated heterocycles. The van der Waals surface area contributed by atoms with Crippen molar-refractivity contribution in [3.05, 3.63) is 17.3 Å². The number of nitrogens with zero attached hydrogens (tertiary/aromatic N) is 3. The molecule has 2 aromatic heterocycles. The minimum atomic E-state index is -0.904. The maximum atomic E-state index is 11.5. The molecule has 6 heteroatoms. The molecule has 1 aliphatic heterocycles. The molecule has 0 unspecified atom stereocenters. The fourth-order valence-electron chi connectivity index (χ4n) is 2.75. The van der Waals surface area contributed by atoms with Crippen molar-refractivity contribution < 1.29 is 9.90 Å². The first-order valence-electron chi connectivity index (χ1n) is 6.64. The Hall–Kier alpha value is -1.56. The van der Waals surface area contributed by atoms with E-state index in [4.69, 9.17) is 0 Å². The molecule has 3 heterocycles. The van der Waals surface area contributed by atoms with E-state index in [0.29, 0.717) is 11.5 Å². The lowest BCUT2D eigenvalue weighted by atomic mass is 9.94. The van der Waals surface area contributed by atoms with Crippen molar-refractivity contribution >= 4 is 28.1 Å². The molecule has 102 valence electrons. The highest BCUT2D eigenvalue weighted by Gasteiger charge is 2.26. The van der Waals surface area contributed by atoms with Crippen LogP contribution < -0.4 is 4.90 Å². The Bertz CT molecular complexity index is 596. The number of hydrogen-bond acceptors (Lipinski definition) is 4. The predicted molar refractivity (Wildman–Crippen MR) is 75.3 cm³/mol.